The normalized spacial score (nSPS) is 12.6. The third-order valence-electron chi connectivity index (χ3n) is 12.5. The Labute approximate surface area is 374 Å². The molecule has 0 saturated heterocycles. The first kappa shape index (κ1) is 58.4. The lowest BCUT2D eigenvalue weighted by molar-refractivity contribution is -0.167. The Hall–Kier alpha value is -1.59. The zero-order chi connectivity index (χ0) is 44.2. The maximum atomic E-state index is 12.8. The topological polar surface area (TPSA) is 78.9 Å². The quantitative estimate of drug-likeness (QED) is 0.0345. The van der Waals surface area contributed by atoms with Crippen LogP contribution in [0, 0.1) is 17.8 Å². The Morgan fingerprint density at radius 3 is 0.867 bits per heavy atom. The van der Waals surface area contributed by atoms with Gasteiger partial charge in [-0.2, -0.15) is 0 Å². The third kappa shape index (κ3) is 45.9. The fraction of sp³-hybridized carbons (Fsp3) is 0.944. The van der Waals surface area contributed by atoms with Gasteiger partial charge in [0.2, 0.25) is 0 Å². The number of hydrogen-bond donors (Lipinski definition) is 0. The first-order valence-electron chi connectivity index (χ1n) is 26.6. The monoisotopic (exact) mass is 849 g/mol. The van der Waals surface area contributed by atoms with Crippen molar-refractivity contribution < 1.29 is 28.6 Å². The van der Waals surface area contributed by atoms with E-state index < -0.39 is 6.10 Å². The fourth-order valence-corrected chi connectivity index (χ4v) is 8.08. The molecule has 0 saturated carbocycles. The molecule has 2 atom stereocenters. The van der Waals surface area contributed by atoms with Crippen LogP contribution in [-0.2, 0) is 28.6 Å². The molecule has 0 aliphatic rings. The van der Waals surface area contributed by atoms with E-state index in [1.165, 1.54) is 173 Å². The molecule has 1 unspecified atom stereocenters. The van der Waals surface area contributed by atoms with Crippen molar-refractivity contribution in [3.63, 3.8) is 0 Å². The second-order valence-electron chi connectivity index (χ2n) is 19.7. The van der Waals surface area contributed by atoms with Crippen LogP contribution in [0.1, 0.15) is 292 Å². The molecular formula is C54H104O6. The molecule has 356 valence electrons. The Balaban J connectivity index is 4.33. The SMILES string of the molecule is CCC(C)CCCCCCCCCCCCC(=O)OC[C@H](COC(=O)CCCCCCCCCCCCC(C)C)OC(=O)CCCCCCCCCCCCCCC(C)C. The van der Waals surface area contributed by atoms with Crippen molar-refractivity contribution in [1.29, 1.82) is 0 Å². The summed E-state index contributed by atoms with van der Waals surface area (Å²) in [6.45, 7) is 13.7. The van der Waals surface area contributed by atoms with E-state index in [1.807, 2.05) is 0 Å². The first-order valence-corrected chi connectivity index (χ1v) is 26.6. The van der Waals surface area contributed by atoms with Gasteiger partial charge in [-0.05, 0) is 37.0 Å². The summed E-state index contributed by atoms with van der Waals surface area (Å²) in [5, 5.41) is 0. The van der Waals surface area contributed by atoms with Gasteiger partial charge in [-0.1, -0.05) is 253 Å². The summed E-state index contributed by atoms with van der Waals surface area (Å²) in [5.74, 6) is 1.67. The summed E-state index contributed by atoms with van der Waals surface area (Å²) < 4.78 is 16.8. The summed E-state index contributed by atoms with van der Waals surface area (Å²) >= 11 is 0. The highest BCUT2D eigenvalue weighted by Gasteiger charge is 2.19. The lowest BCUT2D eigenvalue weighted by Crippen LogP contribution is -2.30. The van der Waals surface area contributed by atoms with E-state index in [-0.39, 0.29) is 31.1 Å². The zero-order valence-electron chi connectivity index (χ0n) is 41.3. The van der Waals surface area contributed by atoms with Crippen LogP contribution in [0.15, 0.2) is 0 Å². The summed E-state index contributed by atoms with van der Waals surface area (Å²) in [6, 6.07) is 0. The van der Waals surface area contributed by atoms with Crippen molar-refractivity contribution in [2.24, 2.45) is 17.8 Å². The highest BCUT2D eigenvalue weighted by atomic mass is 16.6. The molecule has 6 nitrogen and oxygen atoms in total. The van der Waals surface area contributed by atoms with Gasteiger partial charge in [0, 0.05) is 19.3 Å². The molecule has 0 fully saturated rings. The van der Waals surface area contributed by atoms with Crippen LogP contribution in [-0.4, -0.2) is 37.2 Å². The van der Waals surface area contributed by atoms with Gasteiger partial charge in [0.1, 0.15) is 13.2 Å². The van der Waals surface area contributed by atoms with Gasteiger partial charge in [0.25, 0.3) is 0 Å². The van der Waals surface area contributed by atoms with Crippen molar-refractivity contribution >= 4 is 17.9 Å². The van der Waals surface area contributed by atoms with Crippen molar-refractivity contribution in [2.75, 3.05) is 13.2 Å². The summed E-state index contributed by atoms with van der Waals surface area (Å²) in [6.07, 6.45) is 45.1. The van der Waals surface area contributed by atoms with Crippen LogP contribution in [0.25, 0.3) is 0 Å². The molecule has 0 aromatic heterocycles. The second kappa shape index (κ2) is 45.4. The summed E-state index contributed by atoms with van der Waals surface area (Å²) in [4.78, 5) is 38.0. The molecule has 0 aliphatic heterocycles. The minimum absolute atomic E-state index is 0.0646. The maximum Gasteiger partial charge on any atom is 0.306 e. The largest absolute Gasteiger partial charge is 0.462 e. The molecule has 0 aromatic rings. The van der Waals surface area contributed by atoms with Crippen molar-refractivity contribution in [3.8, 4) is 0 Å². The molecule has 0 spiro atoms. The van der Waals surface area contributed by atoms with E-state index >= 15 is 0 Å². The average molecular weight is 849 g/mol. The van der Waals surface area contributed by atoms with Crippen LogP contribution in [0.2, 0.25) is 0 Å². The second-order valence-corrected chi connectivity index (χ2v) is 19.7. The molecule has 0 bridgehead atoms. The van der Waals surface area contributed by atoms with E-state index in [2.05, 4.69) is 41.5 Å². The zero-order valence-corrected chi connectivity index (χ0v) is 41.3. The van der Waals surface area contributed by atoms with Crippen molar-refractivity contribution in [1.82, 2.24) is 0 Å². The van der Waals surface area contributed by atoms with Gasteiger partial charge >= 0.3 is 17.9 Å². The average Bonchev–Trinajstić information content (AvgIpc) is 3.22. The molecular weight excluding hydrogens is 745 g/mol. The third-order valence-corrected chi connectivity index (χ3v) is 12.5. The molecule has 60 heavy (non-hydrogen) atoms. The molecule has 0 radical (unpaired) electrons. The predicted molar refractivity (Wildman–Crippen MR) is 256 cm³/mol. The van der Waals surface area contributed by atoms with Gasteiger partial charge < -0.3 is 14.2 Å². The lowest BCUT2D eigenvalue weighted by atomic mass is 9.99. The van der Waals surface area contributed by atoms with Crippen LogP contribution in [0.4, 0.5) is 0 Å². The minimum atomic E-state index is -0.763. The first-order chi connectivity index (χ1) is 29.1. The van der Waals surface area contributed by atoms with Crippen LogP contribution >= 0.6 is 0 Å². The number of ether oxygens (including phenoxy) is 3. The Bertz CT molecular complexity index is 931. The Morgan fingerprint density at radius 2 is 0.583 bits per heavy atom. The number of unbranched alkanes of at least 4 members (excludes halogenated alkanes) is 29. The predicted octanol–water partition coefficient (Wildman–Crippen LogP) is 17.2. The van der Waals surface area contributed by atoms with E-state index in [0.29, 0.717) is 19.3 Å². The van der Waals surface area contributed by atoms with Gasteiger partial charge in [-0.25, -0.2) is 0 Å². The smallest absolute Gasteiger partial charge is 0.306 e. The van der Waals surface area contributed by atoms with Crippen molar-refractivity contribution in [2.45, 2.75) is 298 Å². The molecule has 0 aliphatic carbocycles. The number of rotatable bonds is 47. The lowest BCUT2D eigenvalue weighted by Gasteiger charge is -2.18. The molecule has 0 N–H and O–H groups in total. The summed E-state index contributed by atoms with van der Waals surface area (Å²) in [5.41, 5.74) is 0. The number of carbonyl (C=O) groups excluding carboxylic acids is 3. The Kier molecular flexibility index (Phi) is 44.2. The summed E-state index contributed by atoms with van der Waals surface area (Å²) in [7, 11) is 0. The van der Waals surface area contributed by atoms with Gasteiger partial charge in [0.15, 0.2) is 6.10 Å². The van der Waals surface area contributed by atoms with Gasteiger partial charge in [-0.15, -0.1) is 0 Å². The molecule has 0 amide bonds. The van der Waals surface area contributed by atoms with E-state index in [4.69, 9.17) is 14.2 Å². The molecule has 0 aromatic carbocycles. The van der Waals surface area contributed by atoms with E-state index in [0.717, 1.165) is 75.5 Å². The Morgan fingerprint density at radius 1 is 0.333 bits per heavy atom. The van der Waals surface area contributed by atoms with Gasteiger partial charge in [0.05, 0.1) is 0 Å². The fourth-order valence-electron chi connectivity index (χ4n) is 8.08. The maximum absolute atomic E-state index is 12.8. The van der Waals surface area contributed by atoms with Crippen LogP contribution in [0.5, 0.6) is 0 Å². The van der Waals surface area contributed by atoms with Gasteiger partial charge in [-0.3, -0.25) is 14.4 Å². The van der Waals surface area contributed by atoms with Crippen LogP contribution < -0.4 is 0 Å². The molecule has 0 rings (SSSR count). The minimum Gasteiger partial charge on any atom is -0.462 e. The van der Waals surface area contributed by atoms with Crippen molar-refractivity contribution in [3.05, 3.63) is 0 Å². The van der Waals surface area contributed by atoms with E-state index in [1.54, 1.807) is 0 Å². The molecule has 6 heteroatoms. The molecule has 0 heterocycles. The highest BCUT2D eigenvalue weighted by Crippen LogP contribution is 2.18. The number of esters is 3. The number of hydrogen-bond acceptors (Lipinski definition) is 6. The number of carbonyl (C=O) groups is 3. The standard InChI is InChI=1S/C54H104O6/c1-7-50(6)42-36-30-24-18-13-15-20-26-32-38-44-53(56)59-47-51(46-58-52(55)43-37-31-25-19-14-12-17-23-29-35-41-49(4)5)60-54(57)45-39-33-27-21-11-9-8-10-16-22-28-34-40-48(2)3/h48-51H,7-47H2,1-6H3/t50?,51-/m0/s1. The van der Waals surface area contributed by atoms with E-state index in [9.17, 15) is 14.4 Å². The highest BCUT2D eigenvalue weighted by molar-refractivity contribution is 5.71. The van der Waals surface area contributed by atoms with Crippen LogP contribution in [0.3, 0.4) is 0 Å².